The van der Waals surface area contributed by atoms with Gasteiger partial charge in [-0.15, -0.1) is 11.3 Å². The first kappa shape index (κ1) is 15.0. The highest BCUT2D eigenvalue weighted by Crippen LogP contribution is 2.23. The molecule has 118 valence electrons. The molecule has 2 aromatic carbocycles. The molecular formula is C18H13N3OS2. The van der Waals surface area contributed by atoms with Crippen molar-refractivity contribution in [3.8, 4) is 10.6 Å². The van der Waals surface area contributed by atoms with Crippen molar-refractivity contribution in [1.82, 2.24) is 14.5 Å². The summed E-state index contributed by atoms with van der Waals surface area (Å²) in [5.74, 6) is 0. The topological polar surface area (TPSA) is 50.7 Å². The maximum atomic E-state index is 12.7. The van der Waals surface area contributed by atoms with E-state index in [0.717, 1.165) is 21.8 Å². The van der Waals surface area contributed by atoms with E-state index in [1.165, 1.54) is 0 Å². The van der Waals surface area contributed by atoms with Gasteiger partial charge >= 0.3 is 0 Å². The number of nitrogens with zero attached hydrogens (tertiary/aromatic N) is 2. The van der Waals surface area contributed by atoms with E-state index in [9.17, 15) is 4.79 Å². The lowest BCUT2D eigenvalue weighted by Gasteiger charge is -2.06. The third kappa shape index (κ3) is 2.70. The minimum Gasteiger partial charge on any atom is -0.332 e. The molecule has 0 amide bonds. The van der Waals surface area contributed by atoms with Crippen molar-refractivity contribution in [2.24, 2.45) is 0 Å². The van der Waals surface area contributed by atoms with Crippen LogP contribution in [0.25, 0.3) is 21.5 Å². The first-order valence-electron chi connectivity index (χ1n) is 7.44. The van der Waals surface area contributed by atoms with E-state index in [4.69, 9.17) is 12.2 Å². The molecule has 0 spiro atoms. The molecule has 4 aromatic rings. The normalized spacial score (nSPS) is 11.0. The molecule has 0 fully saturated rings. The predicted molar refractivity (Wildman–Crippen MR) is 100 cm³/mol. The average Bonchev–Trinajstić information content (AvgIpc) is 3.08. The summed E-state index contributed by atoms with van der Waals surface area (Å²) in [6.07, 6.45) is 0. The maximum absolute atomic E-state index is 12.7. The second kappa shape index (κ2) is 6.14. The number of aromatic amines is 1. The Morgan fingerprint density at radius 3 is 2.67 bits per heavy atom. The van der Waals surface area contributed by atoms with Gasteiger partial charge in [0, 0.05) is 10.9 Å². The van der Waals surface area contributed by atoms with Gasteiger partial charge in [-0.05, 0) is 24.4 Å². The van der Waals surface area contributed by atoms with Gasteiger partial charge in [-0.3, -0.25) is 9.36 Å². The van der Waals surface area contributed by atoms with Crippen LogP contribution in [0.4, 0.5) is 0 Å². The van der Waals surface area contributed by atoms with Gasteiger partial charge in [-0.25, -0.2) is 4.98 Å². The number of para-hydroxylation sites is 1. The minimum atomic E-state index is -0.0939. The first-order chi connectivity index (χ1) is 11.7. The Labute approximate surface area is 147 Å². The lowest BCUT2D eigenvalue weighted by molar-refractivity contribution is 0.721. The quantitative estimate of drug-likeness (QED) is 0.562. The zero-order chi connectivity index (χ0) is 16.5. The molecule has 0 aliphatic rings. The molecule has 0 unspecified atom stereocenters. The summed E-state index contributed by atoms with van der Waals surface area (Å²) in [6, 6.07) is 17.4. The molecule has 0 aliphatic heterocycles. The van der Waals surface area contributed by atoms with Crippen molar-refractivity contribution in [3.63, 3.8) is 0 Å². The van der Waals surface area contributed by atoms with Crippen LogP contribution in [0.1, 0.15) is 5.69 Å². The van der Waals surface area contributed by atoms with Crippen LogP contribution >= 0.6 is 23.6 Å². The van der Waals surface area contributed by atoms with Gasteiger partial charge in [0.1, 0.15) is 5.01 Å². The first-order valence-corrected chi connectivity index (χ1v) is 8.73. The summed E-state index contributed by atoms with van der Waals surface area (Å²) in [7, 11) is 0. The van der Waals surface area contributed by atoms with Crippen LogP contribution in [0.3, 0.4) is 0 Å². The van der Waals surface area contributed by atoms with Crippen LogP contribution in [0, 0.1) is 4.77 Å². The molecule has 0 saturated carbocycles. The fraction of sp³-hybridized carbons (Fsp3) is 0.0556. The van der Waals surface area contributed by atoms with Gasteiger partial charge in [-0.1, -0.05) is 42.5 Å². The lowest BCUT2D eigenvalue weighted by atomic mass is 10.2. The fourth-order valence-corrected chi connectivity index (χ4v) is 3.67. The average molecular weight is 351 g/mol. The Balaban J connectivity index is 1.74. The Morgan fingerprint density at radius 2 is 1.83 bits per heavy atom. The summed E-state index contributed by atoms with van der Waals surface area (Å²) in [5, 5.41) is 3.54. The molecule has 24 heavy (non-hydrogen) atoms. The van der Waals surface area contributed by atoms with Crippen molar-refractivity contribution in [3.05, 3.63) is 80.8 Å². The molecule has 0 atom stereocenters. The van der Waals surface area contributed by atoms with Crippen LogP contribution in [0.15, 0.2) is 64.8 Å². The van der Waals surface area contributed by atoms with E-state index in [1.54, 1.807) is 22.0 Å². The highest BCUT2D eigenvalue weighted by molar-refractivity contribution is 7.71. The number of H-pyrrole nitrogens is 1. The second-order valence-corrected chi connectivity index (χ2v) is 6.62. The van der Waals surface area contributed by atoms with Crippen LogP contribution in [0.5, 0.6) is 0 Å². The number of benzene rings is 2. The standard InChI is InChI=1S/C18H13N3OS2/c22-17-14-8-4-5-9-15(14)20-18(23)21(17)10-13-11-24-16(19-13)12-6-2-1-3-7-12/h1-9,11H,10H2,(H,20,23). The Hall–Kier alpha value is -2.57. The summed E-state index contributed by atoms with van der Waals surface area (Å²) >= 11 is 6.92. The van der Waals surface area contributed by atoms with E-state index in [-0.39, 0.29) is 5.56 Å². The molecular weight excluding hydrogens is 338 g/mol. The molecule has 1 N–H and O–H groups in total. The molecule has 0 bridgehead atoms. The van der Waals surface area contributed by atoms with Crippen molar-refractivity contribution in [2.45, 2.75) is 6.54 Å². The van der Waals surface area contributed by atoms with Gasteiger partial charge in [0.25, 0.3) is 5.56 Å². The number of hydrogen-bond acceptors (Lipinski definition) is 4. The number of hydrogen-bond donors (Lipinski definition) is 1. The summed E-state index contributed by atoms with van der Waals surface area (Å²) in [5.41, 5.74) is 2.57. The molecule has 0 aliphatic carbocycles. The van der Waals surface area contributed by atoms with Crippen LogP contribution in [-0.4, -0.2) is 14.5 Å². The minimum absolute atomic E-state index is 0.0939. The number of aromatic nitrogens is 3. The predicted octanol–water partition coefficient (Wildman–Crippen LogP) is 4.23. The monoisotopic (exact) mass is 351 g/mol. The fourth-order valence-electron chi connectivity index (χ4n) is 2.60. The van der Waals surface area contributed by atoms with Crippen molar-refractivity contribution < 1.29 is 0 Å². The van der Waals surface area contributed by atoms with E-state index in [1.807, 2.05) is 53.9 Å². The lowest BCUT2D eigenvalue weighted by Crippen LogP contribution is -2.22. The zero-order valence-electron chi connectivity index (χ0n) is 12.6. The Morgan fingerprint density at radius 1 is 1.08 bits per heavy atom. The SMILES string of the molecule is O=c1c2ccccc2[nH]c(=S)n1Cc1csc(-c2ccccc2)n1. The van der Waals surface area contributed by atoms with Crippen molar-refractivity contribution in [2.75, 3.05) is 0 Å². The maximum Gasteiger partial charge on any atom is 0.262 e. The Bertz CT molecular complexity index is 1130. The molecule has 6 heteroatoms. The van der Waals surface area contributed by atoms with Gasteiger partial charge < -0.3 is 4.98 Å². The number of fused-ring (bicyclic) bond motifs is 1. The highest BCUT2D eigenvalue weighted by atomic mass is 32.1. The molecule has 4 rings (SSSR count). The van der Waals surface area contributed by atoms with Crippen molar-refractivity contribution >= 4 is 34.5 Å². The largest absolute Gasteiger partial charge is 0.332 e. The molecule has 0 radical (unpaired) electrons. The van der Waals surface area contributed by atoms with Gasteiger partial charge in [-0.2, -0.15) is 0 Å². The Kier molecular flexibility index (Phi) is 3.84. The van der Waals surface area contributed by atoms with E-state index in [0.29, 0.717) is 16.7 Å². The van der Waals surface area contributed by atoms with E-state index in [2.05, 4.69) is 9.97 Å². The number of thiazole rings is 1. The van der Waals surface area contributed by atoms with Gasteiger partial charge in [0.2, 0.25) is 0 Å². The summed E-state index contributed by atoms with van der Waals surface area (Å²) in [4.78, 5) is 20.4. The van der Waals surface area contributed by atoms with Crippen LogP contribution in [-0.2, 0) is 6.54 Å². The molecule has 2 heterocycles. The summed E-state index contributed by atoms with van der Waals surface area (Å²) < 4.78 is 1.97. The third-order valence-electron chi connectivity index (χ3n) is 3.78. The number of rotatable bonds is 3. The smallest absolute Gasteiger partial charge is 0.262 e. The van der Waals surface area contributed by atoms with Crippen molar-refractivity contribution in [1.29, 1.82) is 0 Å². The second-order valence-electron chi connectivity index (χ2n) is 5.38. The van der Waals surface area contributed by atoms with E-state index >= 15 is 0 Å². The molecule has 0 saturated heterocycles. The zero-order valence-corrected chi connectivity index (χ0v) is 14.2. The van der Waals surface area contributed by atoms with Crippen LogP contribution < -0.4 is 5.56 Å². The number of nitrogens with one attached hydrogen (secondary N) is 1. The van der Waals surface area contributed by atoms with Crippen LogP contribution in [0.2, 0.25) is 0 Å². The summed E-state index contributed by atoms with van der Waals surface area (Å²) in [6.45, 7) is 0.363. The molecule has 2 aromatic heterocycles. The third-order valence-corrected chi connectivity index (χ3v) is 5.04. The van der Waals surface area contributed by atoms with E-state index < -0.39 is 0 Å². The highest BCUT2D eigenvalue weighted by Gasteiger charge is 2.09. The molecule has 4 nitrogen and oxygen atoms in total. The van der Waals surface area contributed by atoms with Gasteiger partial charge in [0.05, 0.1) is 23.1 Å². The van der Waals surface area contributed by atoms with Gasteiger partial charge in [0.15, 0.2) is 4.77 Å².